The van der Waals surface area contributed by atoms with Gasteiger partial charge in [0.2, 0.25) is 0 Å². The largest absolute Gasteiger partial charge is 0.330 e. The lowest BCUT2D eigenvalue weighted by Crippen LogP contribution is -2.30. The van der Waals surface area contributed by atoms with Crippen LogP contribution in [0.1, 0.15) is 58.3 Å². The van der Waals surface area contributed by atoms with E-state index in [0.717, 1.165) is 11.3 Å². The molecule has 2 unspecified atom stereocenters. The smallest absolute Gasteiger partial charge is 0.126 e. The first-order valence-corrected chi connectivity index (χ1v) is 7.81. The van der Waals surface area contributed by atoms with Gasteiger partial charge >= 0.3 is 0 Å². The predicted molar refractivity (Wildman–Crippen MR) is 85.9 cm³/mol. The Kier molecular flexibility index (Phi) is 5.18. The van der Waals surface area contributed by atoms with Crippen molar-refractivity contribution >= 4 is 11.0 Å². The van der Waals surface area contributed by atoms with E-state index in [9.17, 15) is 0 Å². The second kappa shape index (κ2) is 6.89. The molecule has 110 valence electrons. The van der Waals surface area contributed by atoms with Gasteiger partial charge in [0, 0.05) is 13.1 Å². The Hall–Kier alpha value is -1.35. The Morgan fingerprint density at radius 1 is 1.20 bits per heavy atom. The summed E-state index contributed by atoms with van der Waals surface area (Å²) in [6, 6.07) is 9.14. The van der Waals surface area contributed by atoms with Crippen molar-refractivity contribution in [3.8, 4) is 0 Å². The number of imidazole rings is 1. The van der Waals surface area contributed by atoms with Crippen molar-refractivity contribution in [2.75, 3.05) is 0 Å². The topological polar surface area (TPSA) is 29.9 Å². The van der Waals surface area contributed by atoms with Gasteiger partial charge < -0.3 is 9.88 Å². The zero-order valence-corrected chi connectivity index (χ0v) is 13.2. The SMILES string of the molecule is CCCCCC(C)NC(C)c1nc2ccccc2n1C. The third kappa shape index (κ3) is 3.40. The Balaban J connectivity index is 2.03. The molecule has 2 aromatic rings. The molecule has 3 nitrogen and oxygen atoms in total. The number of hydrogen-bond donors (Lipinski definition) is 1. The number of fused-ring (bicyclic) bond motifs is 1. The summed E-state index contributed by atoms with van der Waals surface area (Å²) >= 11 is 0. The van der Waals surface area contributed by atoms with Crippen LogP contribution in [0, 0.1) is 0 Å². The highest BCUT2D eigenvalue weighted by Crippen LogP contribution is 2.20. The first-order valence-electron chi connectivity index (χ1n) is 7.81. The Bertz CT molecular complexity index is 544. The molecule has 0 aliphatic carbocycles. The molecule has 1 N–H and O–H groups in total. The molecule has 20 heavy (non-hydrogen) atoms. The first-order chi connectivity index (χ1) is 9.63. The molecule has 0 saturated carbocycles. The molecule has 3 heteroatoms. The molecule has 0 aliphatic rings. The fourth-order valence-electron chi connectivity index (χ4n) is 2.84. The molecule has 0 fully saturated rings. The van der Waals surface area contributed by atoms with Gasteiger partial charge in [-0.05, 0) is 32.4 Å². The van der Waals surface area contributed by atoms with E-state index in [2.05, 4.69) is 55.9 Å². The van der Waals surface area contributed by atoms with Gasteiger partial charge in [-0.15, -0.1) is 0 Å². The fourth-order valence-corrected chi connectivity index (χ4v) is 2.84. The normalized spacial score (nSPS) is 14.6. The molecule has 0 bridgehead atoms. The van der Waals surface area contributed by atoms with E-state index in [4.69, 9.17) is 4.98 Å². The summed E-state index contributed by atoms with van der Waals surface area (Å²) in [5, 5.41) is 3.67. The average molecular weight is 273 g/mol. The maximum Gasteiger partial charge on any atom is 0.126 e. The van der Waals surface area contributed by atoms with Crippen molar-refractivity contribution in [1.82, 2.24) is 14.9 Å². The summed E-state index contributed by atoms with van der Waals surface area (Å²) < 4.78 is 2.20. The van der Waals surface area contributed by atoms with E-state index < -0.39 is 0 Å². The van der Waals surface area contributed by atoms with E-state index in [-0.39, 0.29) is 6.04 Å². The van der Waals surface area contributed by atoms with Crippen molar-refractivity contribution in [2.24, 2.45) is 7.05 Å². The van der Waals surface area contributed by atoms with Gasteiger partial charge in [0.25, 0.3) is 0 Å². The average Bonchev–Trinajstić information content (AvgIpc) is 2.77. The van der Waals surface area contributed by atoms with Crippen LogP contribution in [0.4, 0.5) is 0 Å². The molecular formula is C17H27N3. The van der Waals surface area contributed by atoms with E-state index in [1.807, 2.05) is 6.07 Å². The van der Waals surface area contributed by atoms with Crippen molar-refractivity contribution < 1.29 is 0 Å². The van der Waals surface area contributed by atoms with Gasteiger partial charge in [0.05, 0.1) is 17.1 Å². The lowest BCUT2D eigenvalue weighted by molar-refractivity contribution is 0.424. The quantitative estimate of drug-likeness (QED) is 0.766. The van der Waals surface area contributed by atoms with E-state index in [1.165, 1.54) is 31.2 Å². The van der Waals surface area contributed by atoms with Gasteiger partial charge in [0.1, 0.15) is 5.82 Å². The molecule has 1 aromatic heterocycles. The number of unbranched alkanes of at least 4 members (excludes halogenated alkanes) is 2. The second-order valence-corrected chi connectivity index (χ2v) is 5.80. The highest BCUT2D eigenvalue weighted by Gasteiger charge is 2.15. The van der Waals surface area contributed by atoms with Crippen molar-refractivity contribution in [1.29, 1.82) is 0 Å². The van der Waals surface area contributed by atoms with E-state index in [1.54, 1.807) is 0 Å². The number of aryl methyl sites for hydroxylation is 1. The van der Waals surface area contributed by atoms with Crippen LogP contribution in [-0.4, -0.2) is 15.6 Å². The second-order valence-electron chi connectivity index (χ2n) is 5.80. The third-order valence-corrected chi connectivity index (χ3v) is 3.98. The highest BCUT2D eigenvalue weighted by molar-refractivity contribution is 5.75. The maximum absolute atomic E-state index is 4.76. The molecule has 2 rings (SSSR count). The Labute approximate surface area is 122 Å². The summed E-state index contributed by atoms with van der Waals surface area (Å²) in [6.07, 6.45) is 5.15. The summed E-state index contributed by atoms with van der Waals surface area (Å²) in [5.74, 6) is 1.12. The molecule has 0 radical (unpaired) electrons. The van der Waals surface area contributed by atoms with Crippen LogP contribution in [0.25, 0.3) is 11.0 Å². The van der Waals surface area contributed by atoms with Crippen LogP contribution >= 0.6 is 0 Å². The lowest BCUT2D eigenvalue weighted by atomic mass is 10.1. The van der Waals surface area contributed by atoms with E-state index >= 15 is 0 Å². The number of para-hydroxylation sites is 2. The molecule has 0 spiro atoms. The van der Waals surface area contributed by atoms with Crippen LogP contribution < -0.4 is 5.32 Å². The summed E-state index contributed by atoms with van der Waals surface area (Å²) in [6.45, 7) is 6.73. The Morgan fingerprint density at radius 3 is 2.65 bits per heavy atom. The first kappa shape index (κ1) is 15.0. The van der Waals surface area contributed by atoms with E-state index in [0.29, 0.717) is 6.04 Å². The third-order valence-electron chi connectivity index (χ3n) is 3.98. The molecule has 0 saturated heterocycles. The van der Waals surface area contributed by atoms with Crippen molar-refractivity contribution in [2.45, 2.75) is 58.5 Å². The monoisotopic (exact) mass is 273 g/mol. The van der Waals surface area contributed by atoms with Crippen LogP contribution in [0.2, 0.25) is 0 Å². The zero-order valence-electron chi connectivity index (χ0n) is 13.2. The number of benzene rings is 1. The van der Waals surface area contributed by atoms with Crippen molar-refractivity contribution in [3.05, 3.63) is 30.1 Å². The minimum Gasteiger partial charge on any atom is -0.330 e. The summed E-state index contributed by atoms with van der Waals surface area (Å²) in [7, 11) is 2.10. The lowest BCUT2D eigenvalue weighted by Gasteiger charge is -2.19. The molecular weight excluding hydrogens is 246 g/mol. The van der Waals surface area contributed by atoms with Crippen LogP contribution in [0.15, 0.2) is 24.3 Å². The fraction of sp³-hybridized carbons (Fsp3) is 0.588. The van der Waals surface area contributed by atoms with Gasteiger partial charge in [-0.25, -0.2) is 4.98 Å². The van der Waals surface area contributed by atoms with Crippen molar-refractivity contribution in [3.63, 3.8) is 0 Å². The van der Waals surface area contributed by atoms with Gasteiger partial charge in [0.15, 0.2) is 0 Å². The predicted octanol–water partition coefficient (Wildman–Crippen LogP) is 4.19. The molecule has 1 aromatic carbocycles. The zero-order chi connectivity index (χ0) is 14.5. The van der Waals surface area contributed by atoms with Gasteiger partial charge in [-0.3, -0.25) is 0 Å². The van der Waals surface area contributed by atoms with Gasteiger partial charge in [-0.2, -0.15) is 0 Å². The minimum atomic E-state index is 0.282. The van der Waals surface area contributed by atoms with Crippen LogP contribution in [0.5, 0.6) is 0 Å². The molecule has 0 amide bonds. The molecule has 0 aliphatic heterocycles. The minimum absolute atomic E-state index is 0.282. The summed E-state index contributed by atoms with van der Waals surface area (Å²) in [4.78, 5) is 4.76. The molecule has 2 atom stereocenters. The highest BCUT2D eigenvalue weighted by atomic mass is 15.1. The number of nitrogens with zero attached hydrogens (tertiary/aromatic N) is 2. The maximum atomic E-state index is 4.76. The number of hydrogen-bond acceptors (Lipinski definition) is 2. The van der Waals surface area contributed by atoms with Crippen LogP contribution in [0.3, 0.4) is 0 Å². The standard InChI is InChI=1S/C17H27N3/c1-5-6-7-10-13(2)18-14(3)17-19-15-11-8-9-12-16(15)20(17)4/h8-9,11-14,18H,5-7,10H2,1-4H3. The number of rotatable bonds is 7. The number of aromatic nitrogens is 2. The Morgan fingerprint density at radius 2 is 1.95 bits per heavy atom. The summed E-state index contributed by atoms with van der Waals surface area (Å²) in [5.41, 5.74) is 2.28. The number of nitrogens with one attached hydrogen (secondary N) is 1. The van der Waals surface area contributed by atoms with Gasteiger partial charge in [-0.1, -0.05) is 38.3 Å². The molecule has 1 heterocycles. The van der Waals surface area contributed by atoms with Crippen LogP contribution in [-0.2, 0) is 7.05 Å².